The normalized spacial score (nSPS) is 14.2. The number of benzene rings is 2. The molecule has 3 N–H and O–H groups in total. The molecule has 1 unspecified atom stereocenters. The molecule has 0 saturated carbocycles. The molecule has 8 nitrogen and oxygen atoms in total. The maximum absolute atomic E-state index is 12.4. The van der Waals surface area contributed by atoms with Crippen LogP contribution in [0.2, 0.25) is 0 Å². The summed E-state index contributed by atoms with van der Waals surface area (Å²) in [5.41, 5.74) is 2.53. The van der Waals surface area contributed by atoms with Gasteiger partial charge in [-0.3, -0.25) is 13.9 Å². The van der Waals surface area contributed by atoms with Crippen molar-refractivity contribution >= 4 is 44.5 Å². The predicted octanol–water partition coefficient (Wildman–Crippen LogP) is 2.80. The second-order valence-corrected chi connectivity index (χ2v) is 11.1. The third-order valence-electron chi connectivity index (χ3n) is 5.52. The van der Waals surface area contributed by atoms with E-state index >= 15 is 0 Å². The lowest BCUT2D eigenvalue weighted by molar-refractivity contribution is -0.136. The van der Waals surface area contributed by atoms with E-state index in [1.54, 1.807) is 30.3 Å². The number of anilines is 2. The van der Waals surface area contributed by atoms with E-state index in [1.165, 1.54) is 15.6 Å². The van der Waals surface area contributed by atoms with Gasteiger partial charge in [0.25, 0.3) is 0 Å². The van der Waals surface area contributed by atoms with Crippen LogP contribution in [0.1, 0.15) is 33.4 Å². The van der Waals surface area contributed by atoms with E-state index < -0.39 is 27.9 Å². The number of hydrogen-bond acceptors (Lipinski definition) is 6. The number of aryl methyl sites for hydroxylation is 1. The van der Waals surface area contributed by atoms with Gasteiger partial charge in [0.15, 0.2) is 0 Å². The summed E-state index contributed by atoms with van der Waals surface area (Å²) >= 11 is 1.35. The summed E-state index contributed by atoms with van der Waals surface area (Å²) in [7, 11) is -3.44. The molecule has 0 fully saturated rings. The molecule has 34 heavy (non-hydrogen) atoms. The molecule has 178 valence electrons. The Balaban J connectivity index is 1.36. The van der Waals surface area contributed by atoms with Crippen molar-refractivity contribution in [1.29, 1.82) is 0 Å². The number of sulfonamides is 1. The zero-order valence-electron chi connectivity index (χ0n) is 18.5. The molecule has 1 aliphatic rings. The van der Waals surface area contributed by atoms with Gasteiger partial charge >= 0.3 is 11.8 Å². The number of rotatable bonds is 6. The van der Waals surface area contributed by atoms with Gasteiger partial charge in [0.05, 0.1) is 18.5 Å². The number of thiophene rings is 1. The molecule has 0 spiro atoms. The summed E-state index contributed by atoms with van der Waals surface area (Å²) in [6, 6.07) is 17.9. The van der Waals surface area contributed by atoms with Crippen molar-refractivity contribution in [2.75, 3.05) is 22.4 Å². The number of aliphatic hydroxyl groups is 1. The van der Waals surface area contributed by atoms with Gasteiger partial charge in [0.2, 0.25) is 10.0 Å². The van der Waals surface area contributed by atoms with Crippen LogP contribution in [-0.2, 0) is 32.6 Å². The van der Waals surface area contributed by atoms with E-state index in [2.05, 4.69) is 10.6 Å². The fourth-order valence-electron chi connectivity index (χ4n) is 3.83. The first kappa shape index (κ1) is 23.9. The summed E-state index contributed by atoms with van der Waals surface area (Å²) in [6.07, 6.45) is 1.86. The van der Waals surface area contributed by atoms with Crippen molar-refractivity contribution in [3.05, 3.63) is 81.5 Å². The van der Waals surface area contributed by atoms with E-state index in [1.807, 2.05) is 30.3 Å². The highest BCUT2D eigenvalue weighted by molar-refractivity contribution is 7.92. The molecule has 10 heteroatoms. The average Bonchev–Trinajstić information content (AvgIpc) is 3.30. The van der Waals surface area contributed by atoms with Crippen molar-refractivity contribution in [3.63, 3.8) is 0 Å². The molecule has 0 bridgehead atoms. The molecule has 0 aliphatic carbocycles. The second-order valence-electron chi connectivity index (χ2n) is 8.04. The van der Waals surface area contributed by atoms with E-state index in [-0.39, 0.29) is 6.54 Å². The minimum Gasteiger partial charge on any atom is -0.383 e. The van der Waals surface area contributed by atoms with Crippen molar-refractivity contribution in [3.8, 4) is 0 Å². The summed E-state index contributed by atoms with van der Waals surface area (Å²) in [4.78, 5) is 26.2. The minimum atomic E-state index is -3.44. The van der Waals surface area contributed by atoms with Crippen molar-refractivity contribution in [2.45, 2.75) is 25.5 Å². The van der Waals surface area contributed by atoms with Crippen LogP contribution in [0.5, 0.6) is 0 Å². The van der Waals surface area contributed by atoms with Crippen LogP contribution in [0.4, 0.5) is 11.4 Å². The van der Waals surface area contributed by atoms with Crippen LogP contribution in [0.15, 0.2) is 60.7 Å². The number of nitrogens with one attached hydrogen (secondary N) is 2. The highest BCUT2D eigenvalue weighted by atomic mass is 32.2. The fraction of sp³-hybridized carbons (Fsp3) is 0.250. The predicted molar refractivity (Wildman–Crippen MR) is 132 cm³/mol. The van der Waals surface area contributed by atoms with E-state index in [9.17, 15) is 23.1 Å². The topological polar surface area (TPSA) is 116 Å². The molecule has 1 atom stereocenters. The average molecular weight is 500 g/mol. The Morgan fingerprint density at radius 2 is 1.85 bits per heavy atom. The number of aliphatic hydroxyl groups excluding tert-OH is 1. The van der Waals surface area contributed by atoms with Gasteiger partial charge in [-0.25, -0.2) is 8.42 Å². The number of carbonyl (C=O) groups excluding carboxylic acids is 2. The van der Waals surface area contributed by atoms with Crippen molar-refractivity contribution < 1.29 is 23.1 Å². The van der Waals surface area contributed by atoms with Gasteiger partial charge in [-0.2, -0.15) is 0 Å². The second kappa shape index (κ2) is 9.96. The molecule has 2 heterocycles. The molecular formula is C24H25N3O5S2. The molecule has 3 aromatic rings. The molecule has 2 amide bonds. The lowest BCUT2D eigenvalue weighted by Crippen LogP contribution is -2.36. The smallest absolute Gasteiger partial charge is 0.313 e. The van der Waals surface area contributed by atoms with E-state index in [0.717, 1.165) is 40.0 Å². The molecule has 4 rings (SSSR count). The van der Waals surface area contributed by atoms with Crippen LogP contribution in [0, 0.1) is 0 Å². The third-order valence-corrected chi connectivity index (χ3v) is 7.83. The van der Waals surface area contributed by atoms with Crippen LogP contribution in [0.25, 0.3) is 0 Å². The standard InChI is InChI=1S/C24H25N3O5S2/c1-34(31,32)27-13-5-8-16-9-10-18(14-20(16)27)26-24(30)23(29)25-15-19-11-12-21(33-19)22(28)17-6-3-2-4-7-17/h2-4,6-7,9-12,14,22,28H,5,8,13,15H2,1H3,(H,25,29)(H,26,30). The highest BCUT2D eigenvalue weighted by Gasteiger charge is 2.25. The van der Waals surface area contributed by atoms with Crippen molar-refractivity contribution in [1.82, 2.24) is 5.32 Å². The van der Waals surface area contributed by atoms with Gasteiger partial charge in [0.1, 0.15) is 6.10 Å². The Bertz CT molecular complexity index is 1310. The summed E-state index contributed by atoms with van der Waals surface area (Å²) < 4.78 is 25.5. The molecule has 0 radical (unpaired) electrons. The Labute approximate surface area is 202 Å². The van der Waals surface area contributed by atoms with Crippen molar-refractivity contribution in [2.24, 2.45) is 0 Å². The number of nitrogens with zero attached hydrogens (tertiary/aromatic N) is 1. The van der Waals surface area contributed by atoms with Crippen LogP contribution >= 0.6 is 11.3 Å². The monoisotopic (exact) mass is 499 g/mol. The summed E-state index contributed by atoms with van der Waals surface area (Å²) in [5, 5.41) is 15.6. The Hall–Kier alpha value is -3.21. The number of fused-ring (bicyclic) bond motifs is 1. The van der Waals surface area contributed by atoms with Gasteiger partial charge in [0, 0.05) is 22.0 Å². The zero-order valence-corrected chi connectivity index (χ0v) is 20.2. The maximum Gasteiger partial charge on any atom is 0.313 e. The molecular weight excluding hydrogens is 474 g/mol. The maximum atomic E-state index is 12.4. The first-order chi connectivity index (χ1) is 16.2. The number of hydrogen-bond donors (Lipinski definition) is 3. The van der Waals surface area contributed by atoms with Gasteiger partial charge < -0.3 is 15.7 Å². The Morgan fingerprint density at radius 1 is 1.09 bits per heavy atom. The zero-order chi connectivity index (χ0) is 24.3. The summed E-state index contributed by atoms with van der Waals surface area (Å²) in [5.74, 6) is -1.65. The Morgan fingerprint density at radius 3 is 2.59 bits per heavy atom. The van der Waals surface area contributed by atoms with Crippen LogP contribution < -0.4 is 14.9 Å². The first-order valence-electron chi connectivity index (χ1n) is 10.7. The number of carbonyl (C=O) groups is 2. The highest BCUT2D eigenvalue weighted by Crippen LogP contribution is 2.32. The quantitative estimate of drug-likeness (QED) is 0.451. The molecule has 1 aromatic heterocycles. The lowest BCUT2D eigenvalue weighted by atomic mass is 10.0. The van der Waals surface area contributed by atoms with Crippen LogP contribution in [0.3, 0.4) is 0 Å². The lowest BCUT2D eigenvalue weighted by Gasteiger charge is -2.29. The minimum absolute atomic E-state index is 0.143. The fourth-order valence-corrected chi connectivity index (χ4v) is 5.79. The molecule has 0 saturated heterocycles. The van der Waals surface area contributed by atoms with Gasteiger partial charge in [-0.05, 0) is 48.2 Å². The first-order valence-corrected chi connectivity index (χ1v) is 13.4. The van der Waals surface area contributed by atoms with E-state index in [0.29, 0.717) is 17.9 Å². The Kier molecular flexibility index (Phi) is 7.01. The SMILES string of the molecule is CS(=O)(=O)N1CCCc2ccc(NC(=O)C(=O)NCc3ccc(C(O)c4ccccc4)s3)cc21. The van der Waals surface area contributed by atoms with Gasteiger partial charge in [-0.15, -0.1) is 11.3 Å². The van der Waals surface area contributed by atoms with Crippen LogP contribution in [-0.4, -0.2) is 38.1 Å². The third kappa shape index (κ3) is 5.46. The molecule has 1 aliphatic heterocycles. The van der Waals surface area contributed by atoms with Gasteiger partial charge in [-0.1, -0.05) is 36.4 Å². The number of amides is 2. The van der Waals surface area contributed by atoms with E-state index in [4.69, 9.17) is 0 Å². The summed E-state index contributed by atoms with van der Waals surface area (Å²) in [6.45, 7) is 0.524. The molecule has 2 aromatic carbocycles. The largest absolute Gasteiger partial charge is 0.383 e.